The van der Waals surface area contributed by atoms with Crippen LogP contribution < -0.4 is 10.2 Å². The highest BCUT2D eigenvalue weighted by atomic mass is 35.5. The Morgan fingerprint density at radius 3 is 2.55 bits per heavy atom. The van der Waals surface area contributed by atoms with Gasteiger partial charge >= 0.3 is 0 Å². The third-order valence-electron chi connectivity index (χ3n) is 4.06. The van der Waals surface area contributed by atoms with Gasteiger partial charge in [-0.15, -0.1) is 0 Å². The zero-order chi connectivity index (χ0) is 14.4. The van der Waals surface area contributed by atoms with Crippen LogP contribution in [0.25, 0.3) is 0 Å². The van der Waals surface area contributed by atoms with Gasteiger partial charge in [-0.05, 0) is 56.0 Å². The molecule has 0 bridgehead atoms. The van der Waals surface area contributed by atoms with Crippen molar-refractivity contribution in [3.05, 3.63) is 29.3 Å². The highest BCUT2D eigenvalue weighted by molar-refractivity contribution is 6.30. The van der Waals surface area contributed by atoms with Gasteiger partial charge in [0, 0.05) is 36.4 Å². The highest BCUT2D eigenvalue weighted by Crippen LogP contribution is 2.22. The van der Waals surface area contributed by atoms with E-state index >= 15 is 0 Å². The molecule has 0 saturated carbocycles. The van der Waals surface area contributed by atoms with Gasteiger partial charge in [0.2, 0.25) is 0 Å². The van der Waals surface area contributed by atoms with Crippen LogP contribution in [0.2, 0.25) is 5.02 Å². The standard InChI is InChI=1S/C16H25ClN2O/c1-13(8-11-20)12-18-15-6-9-19(10-7-15)16-4-2-14(17)3-5-16/h2-5,13,15,18,20H,6-12H2,1H3. The number of anilines is 1. The lowest BCUT2D eigenvalue weighted by atomic mass is 10.0. The van der Waals surface area contributed by atoms with Crippen LogP contribution in [0.3, 0.4) is 0 Å². The molecule has 2 N–H and O–H groups in total. The minimum absolute atomic E-state index is 0.290. The third kappa shape index (κ3) is 4.65. The first-order valence-electron chi connectivity index (χ1n) is 7.54. The largest absolute Gasteiger partial charge is 0.396 e. The summed E-state index contributed by atoms with van der Waals surface area (Å²) in [4.78, 5) is 2.42. The van der Waals surface area contributed by atoms with Crippen molar-refractivity contribution in [1.29, 1.82) is 0 Å². The zero-order valence-corrected chi connectivity index (χ0v) is 12.9. The van der Waals surface area contributed by atoms with Gasteiger partial charge in [0.15, 0.2) is 0 Å². The summed E-state index contributed by atoms with van der Waals surface area (Å²) in [5, 5.41) is 13.3. The number of halogens is 1. The molecule has 0 radical (unpaired) electrons. The molecule has 1 aliphatic rings. The van der Waals surface area contributed by atoms with E-state index in [1.165, 1.54) is 18.5 Å². The quantitative estimate of drug-likeness (QED) is 0.847. The molecule has 1 saturated heterocycles. The Morgan fingerprint density at radius 1 is 1.30 bits per heavy atom. The Morgan fingerprint density at radius 2 is 1.95 bits per heavy atom. The Hall–Kier alpha value is -0.770. The molecule has 1 atom stereocenters. The summed E-state index contributed by atoms with van der Waals surface area (Å²) in [6.45, 7) is 5.66. The topological polar surface area (TPSA) is 35.5 Å². The lowest BCUT2D eigenvalue weighted by Crippen LogP contribution is -2.43. The molecular weight excluding hydrogens is 272 g/mol. The van der Waals surface area contributed by atoms with Crippen LogP contribution >= 0.6 is 11.6 Å². The fourth-order valence-corrected chi connectivity index (χ4v) is 2.81. The van der Waals surface area contributed by atoms with Gasteiger partial charge in [-0.1, -0.05) is 18.5 Å². The van der Waals surface area contributed by atoms with E-state index in [1.807, 2.05) is 12.1 Å². The van der Waals surface area contributed by atoms with Gasteiger partial charge in [-0.2, -0.15) is 0 Å². The molecule has 1 aromatic rings. The Bertz CT molecular complexity index is 388. The van der Waals surface area contributed by atoms with Crippen LogP contribution in [-0.4, -0.2) is 37.4 Å². The van der Waals surface area contributed by atoms with Crippen LogP contribution in [0.15, 0.2) is 24.3 Å². The van der Waals surface area contributed by atoms with E-state index in [2.05, 4.69) is 29.3 Å². The molecule has 3 nitrogen and oxygen atoms in total. The van der Waals surface area contributed by atoms with Crippen molar-refractivity contribution in [1.82, 2.24) is 5.32 Å². The number of nitrogens with one attached hydrogen (secondary N) is 1. The van der Waals surface area contributed by atoms with Crippen molar-refractivity contribution in [3.63, 3.8) is 0 Å². The van der Waals surface area contributed by atoms with Gasteiger partial charge in [0.05, 0.1) is 0 Å². The molecule has 1 unspecified atom stereocenters. The second-order valence-corrected chi connectivity index (χ2v) is 6.20. The fraction of sp³-hybridized carbons (Fsp3) is 0.625. The van der Waals surface area contributed by atoms with Crippen molar-refractivity contribution in [2.24, 2.45) is 5.92 Å². The molecule has 4 heteroatoms. The minimum Gasteiger partial charge on any atom is -0.396 e. The molecule has 0 amide bonds. The minimum atomic E-state index is 0.290. The first-order valence-corrected chi connectivity index (χ1v) is 7.91. The Kier molecular flexibility index (Phi) is 6.14. The predicted molar refractivity (Wildman–Crippen MR) is 85.6 cm³/mol. The number of rotatable bonds is 6. The van der Waals surface area contributed by atoms with Crippen molar-refractivity contribution < 1.29 is 5.11 Å². The number of aliphatic hydroxyl groups is 1. The maximum atomic E-state index is 8.91. The van der Waals surface area contributed by atoms with Crippen LogP contribution in [0, 0.1) is 5.92 Å². The van der Waals surface area contributed by atoms with E-state index in [1.54, 1.807) is 0 Å². The number of nitrogens with zero attached hydrogens (tertiary/aromatic N) is 1. The van der Waals surface area contributed by atoms with Crippen molar-refractivity contribution in [3.8, 4) is 0 Å². The number of piperidine rings is 1. The summed E-state index contributed by atoms with van der Waals surface area (Å²) < 4.78 is 0. The molecule has 0 aromatic heterocycles. The van der Waals surface area contributed by atoms with E-state index in [-0.39, 0.29) is 6.61 Å². The molecule has 1 fully saturated rings. The highest BCUT2D eigenvalue weighted by Gasteiger charge is 2.19. The number of hydrogen-bond acceptors (Lipinski definition) is 3. The van der Waals surface area contributed by atoms with E-state index < -0.39 is 0 Å². The SMILES string of the molecule is CC(CCO)CNC1CCN(c2ccc(Cl)cc2)CC1. The Labute approximate surface area is 126 Å². The van der Waals surface area contributed by atoms with Gasteiger partial charge in [0.25, 0.3) is 0 Å². The molecule has 112 valence electrons. The first-order chi connectivity index (χ1) is 9.69. The van der Waals surface area contributed by atoms with E-state index in [9.17, 15) is 0 Å². The average molecular weight is 297 g/mol. The lowest BCUT2D eigenvalue weighted by molar-refractivity contribution is 0.255. The molecule has 1 aliphatic heterocycles. The molecule has 1 aromatic carbocycles. The van der Waals surface area contributed by atoms with Crippen molar-refractivity contribution in [2.75, 3.05) is 31.1 Å². The Balaban J connectivity index is 1.73. The summed E-state index contributed by atoms with van der Waals surface area (Å²) in [7, 11) is 0. The van der Waals surface area contributed by atoms with Crippen LogP contribution in [0.4, 0.5) is 5.69 Å². The molecule has 0 spiro atoms. The van der Waals surface area contributed by atoms with Crippen LogP contribution in [-0.2, 0) is 0 Å². The summed E-state index contributed by atoms with van der Waals surface area (Å²) in [5.41, 5.74) is 1.27. The summed E-state index contributed by atoms with van der Waals surface area (Å²) in [6.07, 6.45) is 3.24. The van der Waals surface area contributed by atoms with Crippen LogP contribution in [0.1, 0.15) is 26.2 Å². The van der Waals surface area contributed by atoms with Crippen molar-refractivity contribution >= 4 is 17.3 Å². The maximum Gasteiger partial charge on any atom is 0.0434 e. The third-order valence-corrected chi connectivity index (χ3v) is 4.32. The monoisotopic (exact) mass is 296 g/mol. The lowest BCUT2D eigenvalue weighted by Gasteiger charge is -2.34. The summed E-state index contributed by atoms with van der Waals surface area (Å²) in [6, 6.07) is 8.72. The molecule has 1 heterocycles. The zero-order valence-electron chi connectivity index (χ0n) is 12.2. The fourth-order valence-electron chi connectivity index (χ4n) is 2.68. The van der Waals surface area contributed by atoms with E-state index in [4.69, 9.17) is 16.7 Å². The maximum absolute atomic E-state index is 8.91. The van der Waals surface area contributed by atoms with E-state index in [0.29, 0.717) is 12.0 Å². The van der Waals surface area contributed by atoms with Crippen LogP contribution in [0.5, 0.6) is 0 Å². The number of aliphatic hydroxyl groups excluding tert-OH is 1. The second-order valence-electron chi connectivity index (χ2n) is 5.76. The smallest absolute Gasteiger partial charge is 0.0434 e. The second kappa shape index (κ2) is 7.87. The predicted octanol–water partition coefficient (Wildman–Crippen LogP) is 2.92. The summed E-state index contributed by atoms with van der Waals surface area (Å²) in [5.74, 6) is 0.550. The average Bonchev–Trinajstić information content (AvgIpc) is 2.47. The van der Waals surface area contributed by atoms with Gasteiger partial charge < -0.3 is 15.3 Å². The molecular formula is C16H25ClN2O. The molecule has 20 heavy (non-hydrogen) atoms. The molecule has 0 aliphatic carbocycles. The van der Waals surface area contributed by atoms with Gasteiger partial charge in [-0.25, -0.2) is 0 Å². The van der Waals surface area contributed by atoms with Gasteiger partial charge in [0.1, 0.15) is 0 Å². The normalized spacial score (nSPS) is 18.2. The first kappa shape index (κ1) is 15.6. The number of benzene rings is 1. The van der Waals surface area contributed by atoms with Crippen molar-refractivity contribution in [2.45, 2.75) is 32.2 Å². The van der Waals surface area contributed by atoms with Gasteiger partial charge in [-0.3, -0.25) is 0 Å². The number of hydrogen-bond donors (Lipinski definition) is 2. The summed E-state index contributed by atoms with van der Waals surface area (Å²) >= 11 is 5.92. The van der Waals surface area contributed by atoms with E-state index in [0.717, 1.165) is 31.1 Å². The molecule has 2 rings (SSSR count).